The van der Waals surface area contributed by atoms with E-state index >= 15 is 0 Å². The zero-order valence-corrected chi connectivity index (χ0v) is 15.5. The second-order valence-electron chi connectivity index (χ2n) is 8.33. The topological polar surface area (TPSA) is 33.3 Å². The fourth-order valence-corrected chi connectivity index (χ4v) is 6.22. The van der Waals surface area contributed by atoms with Gasteiger partial charge in [0, 0.05) is 17.8 Å². The predicted octanol–water partition coefficient (Wildman–Crippen LogP) is 4.59. The molecule has 1 aromatic carbocycles. The summed E-state index contributed by atoms with van der Waals surface area (Å²) in [6, 6.07) is 8.36. The fourth-order valence-electron chi connectivity index (χ4n) is 5.93. The van der Waals surface area contributed by atoms with E-state index in [0.29, 0.717) is 11.5 Å². The maximum absolute atomic E-state index is 5.58. The van der Waals surface area contributed by atoms with Gasteiger partial charge in [0.25, 0.3) is 0 Å². The minimum atomic E-state index is 0.441. The van der Waals surface area contributed by atoms with Crippen molar-refractivity contribution in [2.75, 3.05) is 12.4 Å². The third-order valence-electron chi connectivity index (χ3n) is 6.68. The van der Waals surface area contributed by atoms with Crippen molar-refractivity contribution >= 4 is 23.0 Å². The predicted molar refractivity (Wildman–Crippen MR) is 102 cm³/mol. The zero-order chi connectivity index (χ0) is 16.7. The third-order valence-corrected chi connectivity index (χ3v) is 6.90. The van der Waals surface area contributed by atoms with Crippen molar-refractivity contribution in [3.8, 4) is 5.75 Å². The van der Waals surface area contributed by atoms with Crippen LogP contribution in [-0.4, -0.2) is 18.3 Å². The standard InChI is InChI=1S/C20H28N2OS/c1-13(20-10-14-6-15(11-20)8-16(7-14)12-20)21-19(24)22-17-4-3-5-18(9-17)23-2/h3-5,9,13-16H,6-8,10-12H2,1-2H3,(H2,21,22,24). The normalized spacial score (nSPS) is 34.7. The van der Waals surface area contributed by atoms with Crippen LogP contribution >= 0.6 is 12.2 Å². The van der Waals surface area contributed by atoms with Crippen molar-refractivity contribution in [3.05, 3.63) is 24.3 Å². The molecule has 4 saturated carbocycles. The van der Waals surface area contributed by atoms with Gasteiger partial charge in [0.05, 0.1) is 7.11 Å². The molecular formula is C20H28N2OS. The van der Waals surface area contributed by atoms with Gasteiger partial charge in [-0.25, -0.2) is 0 Å². The number of methoxy groups -OCH3 is 1. The summed E-state index contributed by atoms with van der Waals surface area (Å²) >= 11 is 5.58. The van der Waals surface area contributed by atoms with Crippen LogP contribution in [0.3, 0.4) is 0 Å². The SMILES string of the molecule is COc1cccc(NC(=S)NC(C)C23CC4CC(CC(C4)C2)C3)c1. The smallest absolute Gasteiger partial charge is 0.171 e. The summed E-state index contributed by atoms with van der Waals surface area (Å²) in [6.45, 7) is 2.34. The molecule has 3 nitrogen and oxygen atoms in total. The Morgan fingerprint density at radius 2 is 1.79 bits per heavy atom. The molecule has 0 aliphatic heterocycles. The van der Waals surface area contributed by atoms with E-state index in [1.54, 1.807) is 7.11 Å². The molecule has 4 bridgehead atoms. The number of rotatable bonds is 4. The average molecular weight is 345 g/mol. The minimum Gasteiger partial charge on any atom is -0.497 e. The lowest BCUT2D eigenvalue weighted by Crippen LogP contribution is -2.56. The number of ether oxygens (including phenoxy) is 1. The summed E-state index contributed by atoms with van der Waals surface area (Å²) in [5, 5.41) is 7.65. The molecule has 4 heteroatoms. The van der Waals surface area contributed by atoms with Crippen LogP contribution in [0.5, 0.6) is 5.75 Å². The molecule has 130 valence electrons. The number of nitrogens with one attached hydrogen (secondary N) is 2. The van der Waals surface area contributed by atoms with Gasteiger partial charge in [0.1, 0.15) is 5.75 Å². The third kappa shape index (κ3) is 3.01. The molecule has 0 saturated heterocycles. The quantitative estimate of drug-likeness (QED) is 0.783. The Balaban J connectivity index is 1.40. The van der Waals surface area contributed by atoms with Crippen LogP contribution in [0.25, 0.3) is 0 Å². The van der Waals surface area contributed by atoms with Gasteiger partial charge in [0.2, 0.25) is 0 Å². The maximum atomic E-state index is 5.58. The highest BCUT2D eigenvalue weighted by Gasteiger charge is 2.53. The lowest BCUT2D eigenvalue weighted by Gasteiger charge is -2.59. The Labute approximate surface area is 150 Å². The van der Waals surface area contributed by atoms with Crippen molar-refractivity contribution in [1.82, 2.24) is 5.32 Å². The van der Waals surface area contributed by atoms with E-state index in [1.165, 1.54) is 38.5 Å². The molecule has 4 fully saturated rings. The van der Waals surface area contributed by atoms with Crippen molar-refractivity contribution in [1.29, 1.82) is 0 Å². The molecule has 4 aliphatic carbocycles. The van der Waals surface area contributed by atoms with Crippen LogP contribution in [0.1, 0.15) is 45.4 Å². The van der Waals surface area contributed by atoms with Crippen LogP contribution in [0.4, 0.5) is 5.69 Å². The highest BCUT2D eigenvalue weighted by Crippen LogP contribution is 2.61. The summed E-state index contributed by atoms with van der Waals surface area (Å²) in [4.78, 5) is 0. The largest absolute Gasteiger partial charge is 0.497 e. The molecule has 1 unspecified atom stereocenters. The van der Waals surface area contributed by atoms with Gasteiger partial charge in [-0.2, -0.15) is 0 Å². The number of hydrogen-bond acceptors (Lipinski definition) is 2. The molecule has 24 heavy (non-hydrogen) atoms. The first-order valence-corrected chi connectivity index (χ1v) is 9.69. The van der Waals surface area contributed by atoms with E-state index in [9.17, 15) is 0 Å². The summed E-state index contributed by atoms with van der Waals surface area (Å²) in [6.07, 6.45) is 8.65. The van der Waals surface area contributed by atoms with Gasteiger partial charge in [0.15, 0.2) is 5.11 Å². The Morgan fingerprint density at radius 1 is 1.17 bits per heavy atom. The average Bonchev–Trinajstić information content (AvgIpc) is 2.53. The molecule has 1 aromatic rings. The molecule has 0 amide bonds. The van der Waals surface area contributed by atoms with Gasteiger partial charge in [-0.1, -0.05) is 6.07 Å². The molecule has 0 spiro atoms. The first-order valence-electron chi connectivity index (χ1n) is 9.28. The highest BCUT2D eigenvalue weighted by molar-refractivity contribution is 7.80. The van der Waals surface area contributed by atoms with Crippen molar-refractivity contribution in [3.63, 3.8) is 0 Å². The van der Waals surface area contributed by atoms with E-state index in [2.05, 4.69) is 17.6 Å². The van der Waals surface area contributed by atoms with Crippen LogP contribution in [0, 0.1) is 23.2 Å². The second-order valence-corrected chi connectivity index (χ2v) is 8.74. The van der Waals surface area contributed by atoms with Crippen molar-refractivity contribution in [2.24, 2.45) is 23.2 Å². The van der Waals surface area contributed by atoms with Crippen LogP contribution in [-0.2, 0) is 0 Å². The molecule has 0 aromatic heterocycles. The maximum Gasteiger partial charge on any atom is 0.171 e. The Morgan fingerprint density at radius 3 is 2.38 bits per heavy atom. The Kier molecular flexibility index (Phi) is 4.19. The summed E-state index contributed by atoms with van der Waals surface area (Å²) in [5.74, 6) is 3.76. The molecule has 2 N–H and O–H groups in total. The lowest BCUT2D eigenvalue weighted by molar-refractivity contribution is -0.0671. The van der Waals surface area contributed by atoms with E-state index < -0.39 is 0 Å². The van der Waals surface area contributed by atoms with Gasteiger partial charge < -0.3 is 15.4 Å². The minimum absolute atomic E-state index is 0.441. The summed E-state index contributed by atoms with van der Waals surface area (Å²) in [7, 11) is 1.69. The van der Waals surface area contributed by atoms with Crippen molar-refractivity contribution in [2.45, 2.75) is 51.5 Å². The first-order chi connectivity index (χ1) is 11.6. The molecular weight excluding hydrogens is 316 g/mol. The van der Waals surface area contributed by atoms with Crippen LogP contribution < -0.4 is 15.4 Å². The zero-order valence-electron chi connectivity index (χ0n) is 14.7. The Hall–Kier alpha value is -1.29. The highest BCUT2D eigenvalue weighted by atomic mass is 32.1. The van der Waals surface area contributed by atoms with E-state index in [1.807, 2.05) is 24.3 Å². The first kappa shape index (κ1) is 16.2. The molecule has 0 radical (unpaired) electrons. The van der Waals surface area contributed by atoms with E-state index in [-0.39, 0.29) is 0 Å². The number of benzene rings is 1. The van der Waals surface area contributed by atoms with Gasteiger partial charge >= 0.3 is 0 Å². The van der Waals surface area contributed by atoms with Crippen LogP contribution in [0.2, 0.25) is 0 Å². The van der Waals surface area contributed by atoms with E-state index in [4.69, 9.17) is 17.0 Å². The number of anilines is 1. The van der Waals surface area contributed by atoms with Gasteiger partial charge in [-0.05, 0) is 93.0 Å². The lowest BCUT2D eigenvalue weighted by atomic mass is 9.48. The molecule has 5 rings (SSSR count). The molecule has 4 aliphatic rings. The molecule has 1 atom stereocenters. The van der Waals surface area contributed by atoms with E-state index in [0.717, 1.165) is 34.3 Å². The molecule has 0 heterocycles. The van der Waals surface area contributed by atoms with Gasteiger partial charge in [-0.3, -0.25) is 0 Å². The van der Waals surface area contributed by atoms with Crippen molar-refractivity contribution < 1.29 is 4.74 Å². The summed E-state index contributed by atoms with van der Waals surface area (Å²) < 4.78 is 5.28. The Bertz CT molecular complexity index is 595. The number of hydrogen-bond donors (Lipinski definition) is 2. The fraction of sp³-hybridized carbons (Fsp3) is 0.650. The second kappa shape index (κ2) is 6.21. The monoisotopic (exact) mass is 344 g/mol. The van der Waals surface area contributed by atoms with Crippen LogP contribution in [0.15, 0.2) is 24.3 Å². The van der Waals surface area contributed by atoms with Gasteiger partial charge in [-0.15, -0.1) is 0 Å². The number of thiocarbonyl (C=S) groups is 1. The summed E-state index contributed by atoms with van der Waals surface area (Å²) in [5.41, 5.74) is 1.44.